The van der Waals surface area contributed by atoms with Gasteiger partial charge in [-0.1, -0.05) is 0 Å². The van der Waals surface area contributed by atoms with Crippen molar-refractivity contribution in [2.75, 3.05) is 11.9 Å². The molecule has 1 aromatic heterocycles. The molecule has 0 radical (unpaired) electrons. The molecular weight excluding hydrogens is 354 g/mol. The number of nitro groups is 1. The van der Waals surface area contributed by atoms with Crippen molar-refractivity contribution in [3.8, 4) is 16.3 Å². The van der Waals surface area contributed by atoms with Crippen LogP contribution in [-0.4, -0.2) is 22.4 Å². The van der Waals surface area contributed by atoms with Gasteiger partial charge in [-0.2, -0.15) is 0 Å². The molecule has 0 aliphatic rings. The van der Waals surface area contributed by atoms with Crippen molar-refractivity contribution in [3.05, 3.63) is 69.7 Å². The number of nitro benzene ring substituents is 1. The molecule has 0 bridgehead atoms. The summed E-state index contributed by atoms with van der Waals surface area (Å²) in [5.41, 5.74) is 2.41. The number of benzene rings is 2. The minimum atomic E-state index is -0.495. The summed E-state index contributed by atoms with van der Waals surface area (Å²) in [7, 11) is 0. The fourth-order valence-corrected chi connectivity index (χ4v) is 3.00. The van der Waals surface area contributed by atoms with Crippen LogP contribution >= 0.6 is 11.3 Å². The van der Waals surface area contributed by atoms with Crippen LogP contribution in [0.15, 0.2) is 53.9 Å². The summed E-state index contributed by atoms with van der Waals surface area (Å²) in [6.45, 7) is 1.79. The third kappa shape index (κ3) is 4.42. The Kier molecular flexibility index (Phi) is 5.23. The number of carbonyl (C=O) groups is 1. The van der Waals surface area contributed by atoms with Crippen LogP contribution in [0.1, 0.15) is 5.69 Å². The Bertz CT molecular complexity index is 920. The zero-order chi connectivity index (χ0) is 18.5. The van der Waals surface area contributed by atoms with Gasteiger partial charge in [-0.05, 0) is 43.3 Å². The second-order valence-electron chi connectivity index (χ2n) is 5.46. The molecule has 0 spiro atoms. The number of hydrogen-bond donors (Lipinski definition) is 1. The summed E-state index contributed by atoms with van der Waals surface area (Å²) in [6, 6.07) is 13.0. The zero-order valence-electron chi connectivity index (χ0n) is 13.8. The highest BCUT2D eigenvalue weighted by molar-refractivity contribution is 7.13. The molecule has 1 amide bonds. The number of nitrogens with one attached hydrogen (secondary N) is 1. The molecule has 132 valence electrons. The fourth-order valence-electron chi connectivity index (χ4n) is 2.19. The first kappa shape index (κ1) is 17.6. The van der Waals surface area contributed by atoms with E-state index < -0.39 is 4.92 Å². The number of non-ortho nitro benzene ring substituents is 1. The van der Waals surface area contributed by atoms with Crippen molar-refractivity contribution in [1.29, 1.82) is 0 Å². The van der Waals surface area contributed by atoms with Crippen LogP contribution in [0, 0.1) is 17.0 Å². The summed E-state index contributed by atoms with van der Waals surface area (Å²) in [5.74, 6) is 0.222. The second kappa shape index (κ2) is 7.75. The maximum absolute atomic E-state index is 11.9. The minimum Gasteiger partial charge on any atom is -0.484 e. The Hall–Kier alpha value is -3.26. The predicted octanol–water partition coefficient (Wildman–Crippen LogP) is 4.04. The third-order valence-corrected chi connectivity index (χ3v) is 4.46. The van der Waals surface area contributed by atoms with Crippen molar-refractivity contribution >= 4 is 28.6 Å². The van der Waals surface area contributed by atoms with Gasteiger partial charge in [0.2, 0.25) is 0 Å². The van der Waals surface area contributed by atoms with Crippen molar-refractivity contribution in [2.45, 2.75) is 6.92 Å². The van der Waals surface area contributed by atoms with Crippen LogP contribution < -0.4 is 10.1 Å². The van der Waals surface area contributed by atoms with Gasteiger partial charge >= 0.3 is 0 Å². The molecule has 3 aromatic rings. The summed E-state index contributed by atoms with van der Waals surface area (Å²) < 4.78 is 5.46. The highest BCUT2D eigenvalue weighted by Crippen LogP contribution is 2.25. The molecule has 3 rings (SSSR count). The third-order valence-electron chi connectivity index (χ3n) is 3.45. The van der Waals surface area contributed by atoms with Crippen LogP contribution in [0.2, 0.25) is 0 Å². The standard InChI is InChI=1S/C18H15N3O4S/c1-12-11-26-18(19-12)13-2-8-16(9-3-13)25-10-17(22)20-14-4-6-15(7-5-14)21(23)24/h2-9,11H,10H2,1H3,(H,20,22). The van der Waals surface area contributed by atoms with E-state index in [1.165, 1.54) is 24.3 Å². The highest BCUT2D eigenvalue weighted by Gasteiger charge is 2.08. The van der Waals surface area contributed by atoms with Gasteiger partial charge in [-0.15, -0.1) is 11.3 Å². The first-order valence-corrected chi connectivity index (χ1v) is 8.59. The van der Waals surface area contributed by atoms with Gasteiger partial charge in [0, 0.05) is 34.5 Å². The van der Waals surface area contributed by atoms with E-state index in [9.17, 15) is 14.9 Å². The lowest BCUT2D eigenvalue weighted by Gasteiger charge is -2.08. The molecule has 26 heavy (non-hydrogen) atoms. The van der Waals surface area contributed by atoms with E-state index >= 15 is 0 Å². The summed E-state index contributed by atoms with van der Waals surface area (Å²) in [6.07, 6.45) is 0. The van der Waals surface area contributed by atoms with Crippen LogP contribution in [0.25, 0.3) is 10.6 Å². The monoisotopic (exact) mass is 369 g/mol. The van der Waals surface area contributed by atoms with Gasteiger partial charge < -0.3 is 10.1 Å². The van der Waals surface area contributed by atoms with E-state index in [1.807, 2.05) is 24.4 Å². The minimum absolute atomic E-state index is 0.0326. The van der Waals surface area contributed by atoms with Gasteiger partial charge in [-0.25, -0.2) is 4.98 Å². The van der Waals surface area contributed by atoms with Crippen LogP contribution in [0.3, 0.4) is 0 Å². The molecule has 0 saturated heterocycles. The molecule has 0 fully saturated rings. The van der Waals surface area contributed by atoms with Crippen molar-refractivity contribution in [1.82, 2.24) is 4.98 Å². The van der Waals surface area contributed by atoms with Crippen molar-refractivity contribution in [2.24, 2.45) is 0 Å². The zero-order valence-corrected chi connectivity index (χ0v) is 14.7. The molecule has 0 aliphatic heterocycles. The lowest BCUT2D eigenvalue weighted by Crippen LogP contribution is -2.20. The summed E-state index contributed by atoms with van der Waals surface area (Å²) in [5, 5.41) is 16.2. The molecule has 1 heterocycles. The second-order valence-corrected chi connectivity index (χ2v) is 6.32. The topological polar surface area (TPSA) is 94.4 Å². The largest absolute Gasteiger partial charge is 0.484 e. The number of nitrogens with zero attached hydrogens (tertiary/aromatic N) is 2. The maximum atomic E-state index is 11.9. The van der Waals surface area contributed by atoms with Gasteiger partial charge in [0.1, 0.15) is 10.8 Å². The molecule has 0 unspecified atom stereocenters. The molecular formula is C18H15N3O4S. The number of ether oxygens (including phenoxy) is 1. The van der Waals surface area contributed by atoms with Gasteiger partial charge in [0.25, 0.3) is 11.6 Å². The Morgan fingerprint density at radius 3 is 2.46 bits per heavy atom. The van der Waals surface area contributed by atoms with E-state index in [4.69, 9.17) is 4.74 Å². The Morgan fingerprint density at radius 1 is 1.19 bits per heavy atom. The number of carbonyl (C=O) groups excluding carboxylic acids is 1. The average Bonchev–Trinajstić information content (AvgIpc) is 3.07. The molecule has 0 aliphatic carbocycles. The van der Waals surface area contributed by atoms with E-state index in [1.54, 1.807) is 23.5 Å². The molecule has 1 N–H and O–H groups in total. The normalized spacial score (nSPS) is 10.3. The van der Waals surface area contributed by atoms with E-state index in [0.29, 0.717) is 11.4 Å². The van der Waals surface area contributed by atoms with E-state index in [0.717, 1.165) is 16.3 Å². The lowest BCUT2D eigenvalue weighted by molar-refractivity contribution is -0.384. The molecule has 0 saturated carbocycles. The van der Waals surface area contributed by atoms with Gasteiger partial charge in [0.15, 0.2) is 6.61 Å². The fraction of sp³-hybridized carbons (Fsp3) is 0.111. The number of rotatable bonds is 6. The number of aryl methyl sites for hydroxylation is 1. The van der Waals surface area contributed by atoms with Crippen LogP contribution in [0.5, 0.6) is 5.75 Å². The number of thiazole rings is 1. The van der Waals surface area contributed by atoms with Crippen molar-refractivity contribution in [3.63, 3.8) is 0 Å². The quantitative estimate of drug-likeness (QED) is 0.523. The highest BCUT2D eigenvalue weighted by atomic mass is 32.1. The molecule has 8 heteroatoms. The SMILES string of the molecule is Cc1csc(-c2ccc(OCC(=O)Nc3ccc([N+](=O)[O-])cc3)cc2)n1. The number of aromatic nitrogens is 1. The molecule has 2 aromatic carbocycles. The predicted molar refractivity (Wildman–Crippen MR) is 99.5 cm³/mol. The first-order chi connectivity index (χ1) is 12.5. The van der Waals surface area contributed by atoms with Gasteiger partial charge in [0.05, 0.1) is 4.92 Å². The smallest absolute Gasteiger partial charge is 0.269 e. The van der Waals surface area contributed by atoms with Gasteiger partial charge in [-0.3, -0.25) is 14.9 Å². The van der Waals surface area contributed by atoms with Crippen LogP contribution in [-0.2, 0) is 4.79 Å². The summed E-state index contributed by atoms with van der Waals surface area (Å²) in [4.78, 5) is 26.4. The summed E-state index contributed by atoms with van der Waals surface area (Å²) >= 11 is 1.57. The number of hydrogen-bond acceptors (Lipinski definition) is 6. The Balaban J connectivity index is 1.53. The Labute approximate surface area is 153 Å². The Morgan fingerprint density at radius 2 is 1.88 bits per heavy atom. The first-order valence-electron chi connectivity index (χ1n) is 7.71. The van der Waals surface area contributed by atoms with E-state index in [2.05, 4.69) is 10.3 Å². The van der Waals surface area contributed by atoms with E-state index in [-0.39, 0.29) is 18.2 Å². The maximum Gasteiger partial charge on any atom is 0.269 e. The lowest BCUT2D eigenvalue weighted by atomic mass is 10.2. The molecule has 7 nitrogen and oxygen atoms in total. The number of anilines is 1. The number of amides is 1. The van der Waals surface area contributed by atoms with Crippen molar-refractivity contribution < 1.29 is 14.5 Å². The van der Waals surface area contributed by atoms with Crippen LogP contribution in [0.4, 0.5) is 11.4 Å². The molecule has 0 atom stereocenters. The average molecular weight is 369 g/mol.